The zero-order chi connectivity index (χ0) is 31.6. The van der Waals surface area contributed by atoms with E-state index in [1.165, 1.54) is 4.57 Å². The maximum absolute atomic E-state index is 13.4. The average molecular weight is 616 g/mol. The van der Waals surface area contributed by atoms with Crippen molar-refractivity contribution < 1.29 is 28.5 Å². The summed E-state index contributed by atoms with van der Waals surface area (Å²) in [5.41, 5.74) is -0.0561. The van der Waals surface area contributed by atoms with Crippen LogP contribution in [0.2, 0.25) is 0 Å². The van der Waals surface area contributed by atoms with Crippen LogP contribution in [-0.2, 0) is 23.7 Å². The van der Waals surface area contributed by atoms with Crippen LogP contribution in [0.15, 0.2) is 47.4 Å². The highest BCUT2D eigenvalue weighted by atomic mass is 16.6. The van der Waals surface area contributed by atoms with Gasteiger partial charge in [-0.25, -0.2) is 4.79 Å². The number of unbranched alkanes of at least 4 members (excludes halogenated alkanes) is 4. The Labute approximate surface area is 262 Å². The number of carbonyl (C=O) groups is 1. The average Bonchev–Trinajstić information content (AvgIpc) is 3.17. The second-order valence-corrected chi connectivity index (χ2v) is 11.3. The normalized spacial score (nSPS) is 22.0. The second kappa shape index (κ2) is 20.4. The third kappa shape index (κ3) is 11.4. The SMILES string of the molecule is CCCCOC[C@H]1O[C@H](n2ccc(NC(=O)c3ccccc3)nc2=O)C[C@H](OCCCC)[C@H](OCCCC)[C@@H]1OCCCC. The van der Waals surface area contributed by atoms with Gasteiger partial charge in [0.2, 0.25) is 0 Å². The van der Waals surface area contributed by atoms with Crippen LogP contribution in [-0.4, -0.2) is 72.9 Å². The van der Waals surface area contributed by atoms with E-state index in [0.717, 1.165) is 51.4 Å². The molecule has 1 fully saturated rings. The van der Waals surface area contributed by atoms with E-state index in [4.69, 9.17) is 23.7 Å². The zero-order valence-corrected chi connectivity index (χ0v) is 27.1. The summed E-state index contributed by atoms with van der Waals surface area (Å²) in [7, 11) is 0. The van der Waals surface area contributed by atoms with Crippen molar-refractivity contribution >= 4 is 11.7 Å². The van der Waals surface area contributed by atoms with Gasteiger partial charge < -0.3 is 29.0 Å². The first kappa shape index (κ1) is 35.8. The minimum absolute atomic E-state index is 0.172. The molecule has 246 valence electrons. The molecule has 3 rings (SSSR count). The monoisotopic (exact) mass is 615 g/mol. The third-order valence-electron chi connectivity index (χ3n) is 7.61. The molecule has 10 heteroatoms. The summed E-state index contributed by atoms with van der Waals surface area (Å²) in [5.74, 6) is -0.167. The fourth-order valence-corrected chi connectivity index (χ4v) is 5.00. The summed E-state index contributed by atoms with van der Waals surface area (Å²) < 4.78 is 33.8. The number of nitrogens with one attached hydrogen (secondary N) is 1. The summed E-state index contributed by atoms with van der Waals surface area (Å²) in [6, 6.07) is 10.4. The molecule has 0 bridgehead atoms. The Hall–Kier alpha value is -2.63. The van der Waals surface area contributed by atoms with Gasteiger partial charge in [0.25, 0.3) is 5.91 Å². The van der Waals surface area contributed by atoms with E-state index in [0.29, 0.717) is 45.0 Å². The number of rotatable bonds is 20. The summed E-state index contributed by atoms with van der Waals surface area (Å²) in [6.45, 7) is 11.1. The summed E-state index contributed by atoms with van der Waals surface area (Å²) in [6.07, 6.45) is 7.29. The minimum Gasteiger partial charge on any atom is -0.379 e. The van der Waals surface area contributed by atoms with Gasteiger partial charge >= 0.3 is 5.69 Å². The van der Waals surface area contributed by atoms with Crippen molar-refractivity contribution in [3.05, 3.63) is 58.6 Å². The Bertz CT molecular complexity index is 1130. The van der Waals surface area contributed by atoms with E-state index in [-0.39, 0.29) is 17.8 Å². The topological polar surface area (TPSA) is 110 Å². The predicted octanol–water partition coefficient (Wildman–Crippen LogP) is 6.16. The maximum atomic E-state index is 13.4. The first-order valence-electron chi connectivity index (χ1n) is 16.6. The molecule has 0 aliphatic carbocycles. The molecule has 2 aromatic rings. The Balaban J connectivity index is 1.93. The fourth-order valence-electron chi connectivity index (χ4n) is 5.00. The zero-order valence-electron chi connectivity index (χ0n) is 27.1. The van der Waals surface area contributed by atoms with E-state index in [9.17, 15) is 9.59 Å². The standard InChI is InChI=1S/C34H53N3O7/c1-5-9-20-40-25-28-32(43-23-12-8-4)31(42-22-11-7-3)27(41-21-10-6-2)24-30(44-28)37-19-18-29(36-34(37)39)35-33(38)26-16-14-13-15-17-26/h13-19,27-28,30-32H,5-12,20-25H2,1-4H3,(H,35,36,38,39)/t27-,28+,30-,31-,32+/m0/s1. The first-order valence-corrected chi connectivity index (χ1v) is 16.6. The molecule has 0 radical (unpaired) electrons. The summed E-state index contributed by atoms with van der Waals surface area (Å²) in [5, 5.41) is 2.72. The van der Waals surface area contributed by atoms with Crippen LogP contribution in [0.4, 0.5) is 5.82 Å². The number of benzene rings is 1. The van der Waals surface area contributed by atoms with Gasteiger partial charge in [0.1, 0.15) is 30.4 Å². The molecule has 44 heavy (non-hydrogen) atoms. The van der Waals surface area contributed by atoms with Crippen LogP contribution in [0, 0.1) is 0 Å². The molecule has 1 saturated heterocycles. The Morgan fingerprint density at radius 2 is 1.48 bits per heavy atom. The van der Waals surface area contributed by atoms with Gasteiger partial charge in [0.15, 0.2) is 0 Å². The second-order valence-electron chi connectivity index (χ2n) is 11.3. The van der Waals surface area contributed by atoms with Crippen molar-refractivity contribution in [2.24, 2.45) is 0 Å². The molecule has 0 saturated carbocycles. The van der Waals surface area contributed by atoms with Crippen molar-refractivity contribution in [2.45, 2.75) is 116 Å². The van der Waals surface area contributed by atoms with Gasteiger partial charge in [-0.3, -0.25) is 9.36 Å². The van der Waals surface area contributed by atoms with E-state index in [1.54, 1.807) is 36.5 Å². The van der Waals surface area contributed by atoms with Crippen LogP contribution in [0.1, 0.15) is 102 Å². The number of nitrogens with zero attached hydrogens (tertiary/aromatic N) is 2. The van der Waals surface area contributed by atoms with Crippen LogP contribution < -0.4 is 11.0 Å². The molecule has 10 nitrogen and oxygen atoms in total. The van der Waals surface area contributed by atoms with E-state index >= 15 is 0 Å². The van der Waals surface area contributed by atoms with E-state index < -0.39 is 30.2 Å². The molecule has 1 amide bonds. The summed E-state index contributed by atoms with van der Waals surface area (Å²) >= 11 is 0. The van der Waals surface area contributed by atoms with E-state index in [2.05, 4.69) is 38.0 Å². The largest absolute Gasteiger partial charge is 0.379 e. The van der Waals surface area contributed by atoms with Gasteiger partial charge in [-0.05, 0) is 43.9 Å². The van der Waals surface area contributed by atoms with Crippen molar-refractivity contribution in [2.75, 3.05) is 38.4 Å². The summed E-state index contributed by atoms with van der Waals surface area (Å²) in [4.78, 5) is 30.3. The lowest BCUT2D eigenvalue weighted by atomic mass is 10.0. The lowest BCUT2D eigenvalue weighted by Crippen LogP contribution is -2.49. The molecular formula is C34H53N3O7. The molecule has 0 unspecified atom stereocenters. The number of hydrogen-bond donors (Lipinski definition) is 1. The smallest absolute Gasteiger partial charge is 0.351 e. The molecule has 0 spiro atoms. The van der Waals surface area contributed by atoms with Gasteiger partial charge in [0.05, 0.1) is 12.7 Å². The molecule has 1 N–H and O–H groups in total. The number of ether oxygens (including phenoxy) is 5. The molecule has 1 aromatic heterocycles. The highest BCUT2D eigenvalue weighted by molar-refractivity contribution is 6.03. The van der Waals surface area contributed by atoms with Crippen LogP contribution in [0.25, 0.3) is 0 Å². The molecule has 1 aliphatic heterocycles. The maximum Gasteiger partial charge on any atom is 0.351 e. The molecule has 2 heterocycles. The van der Waals surface area contributed by atoms with Crippen LogP contribution >= 0.6 is 0 Å². The number of anilines is 1. The Morgan fingerprint density at radius 1 is 0.864 bits per heavy atom. The number of hydrogen-bond acceptors (Lipinski definition) is 8. The van der Waals surface area contributed by atoms with Gasteiger partial charge in [-0.1, -0.05) is 71.6 Å². The van der Waals surface area contributed by atoms with Crippen molar-refractivity contribution in [1.29, 1.82) is 0 Å². The Kier molecular flexibility index (Phi) is 16.6. The molecular weight excluding hydrogens is 562 g/mol. The highest BCUT2D eigenvalue weighted by Crippen LogP contribution is 2.32. The first-order chi connectivity index (χ1) is 21.5. The minimum atomic E-state index is -0.697. The lowest BCUT2D eigenvalue weighted by Gasteiger charge is -2.34. The Morgan fingerprint density at radius 3 is 2.11 bits per heavy atom. The van der Waals surface area contributed by atoms with Gasteiger partial charge in [-0.2, -0.15) is 4.98 Å². The predicted molar refractivity (Wildman–Crippen MR) is 171 cm³/mol. The number of carbonyl (C=O) groups excluding carboxylic acids is 1. The highest BCUT2D eigenvalue weighted by Gasteiger charge is 2.44. The quantitative estimate of drug-likeness (QED) is 0.177. The number of amides is 1. The van der Waals surface area contributed by atoms with Gasteiger partial charge in [-0.15, -0.1) is 0 Å². The van der Waals surface area contributed by atoms with E-state index in [1.807, 2.05) is 6.07 Å². The van der Waals surface area contributed by atoms with Crippen LogP contribution in [0.5, 0.6) is 0 Å². The third-order valence-corrected chi connectivity index (χ3v) is 7.61. The molecule has 1 aromatic carbocycles. The van der Waals surface area contributed by atoms with Crippen molar-refractivity contribution in [3.63, 3.8) is 0 Å². The fraction of sp³-hybridized carbons (Fsp3) is 0.676. The van der Waals surface area contributed by atoms with Gasteiger partial charge in [0, 0.05) is 44.6 Å². The molecule has 1 aliphatic rings. The molecule has 5 atom stereocenters. The van der Waals surface area contributed by atoms with Crippen molar-refractivity contribution in [1.82, 2.24) is 9.55 Å². The number of aromatic nitrogens is 2. The van der Waals surface area contributed by atoms with Crippen LogP contribution in [0.3, 0.4) is 0 Å². The van der Waals surface area contributed by atoms with Crippen molar-refractivity contribution in [3.8, 4) is 0 Å². The lowest BCUT2D eigenvalue weighted by molar-refractivity contribution is -0.176.